The molecule has 1 fully saturated rings. The van der Waals surface area contributed by atoms with Gasteiger partial charge in [-0.3, -0.25) is 9.69 Å². The van der Waals surface area contributed by atoms with Crippen LogP contribution in [-0.2, 0) is 4.79 Å². The molecule has 5 heteroatoms. The van der Waals surface area contributed by atoms with Gasteiger partial charge in [0, 0.05) is 12.2 Å². The summed E-state index contributed by atoms with van der Waals surface area (Å²) in [6.45, 7) is 5.68. The highest BCUT2D eigenvalue weighted by atomic mass is 32.1. The minimum Gasteiger partial charge on any atom is -0.308 e. The molecule has 0 aliphatic carbocycles. The standard InChI is InChI=1S/C23H25N3OS/c1-2-15-26(18-10-4-3-5-11-18)22(27)17-25-16-9-8-13-20(25)23-24-19-12-6-7-14-21(19)28-23/h2-7,10-12,14,20H,1,8-9,13,15-17H2/t20-/m0/s1. The number of carbonyl (C=O) groups excluding carboxylic acids is 1. The van der Waals surface area contributed by atoms with Crippen LogP contribution in [0.4, 0.5) is 5.69 Å². The van der Waals surface area contributed by atoms with Gasteiger partial charge in [0.15, 0.2) is 0 Å². The summed E-state index contributed by atoms with van der Waals surface area (Å²) in [5.41, 5.74) is 1.97. The van der Waals surface area contributed by atoms with Gasteiger partial charge in [-0.05, 0) is 43.7 Å². The summed E-state index contributed by atoms with van der Waals surface area (Å²) in [7, 11) is 0. The Morgan fingerprint density at radius 2 is 1.96 bits per heavy atom. The maximum absolute atomic E-state index is 13.2. The van der Waals surface area contributed by atoms with Crippen LogP contribution in [0.2, 0.25) is 0 Å². The van der Waals surface area contributed by atoms with E-state index in [4.69, 9.17) is 4.98 Å². The van der Waals surface area contributed by atoms with Gasteiger partial charge in [-0.2, -0.15) is 0 Å². The molecule has 1 atom stereocenters. The van der Waals surface area contributed by atoms with E-state index >= 15 is 0 Å². The van der Waals surface area contributed by atoms with E-state index < -0.39 is 0 Å². The second-order valence-electron chi connectivity index (χ2n) is 7.13. The molecule has 1 amide bonds. The minimum absolute atomic E-state index is 0.110. The van der Waals surface area contributed by atoms with E-state index in [0.29, 0.717) is 13.1 Å². The quantitative estimate of drug-likeness (QED) is 0.552. The van der Waals surface area contributed by atoms with Gasteiger partial charge in [0.05, 0.1) is 22.8 Å². The Morgan fingerprint density at radius 1 is 1.18 bits per heavy atom. The molecular formula is C23H25N3OS. The second-order valence-corrected chi connectivity index (χ2v) is 8.19. The van der Waals surface area contributed by atoms with Gasteiger partial charge >= 0.3 is 0 Å². The summed E-state index contributed by atoms with van der Waals surface area (Å²) in [5.74, 6) is 0.110. The van der Waals surface area contributed by atoms with E-state index in [1.807, 2.05) is 41.3 Å². The van der Waals surface area contributed by atoms with Crippen LogP contribution in [0.5, 0.6) is 0 Å². The van der Waals surface area contributed by atoms with Gasteiger partial charge in [0.25, 0.3) is 0 Å². The zero-order valence-corrected chi connectivity index (χ0v) is 16.8. The number of fused-ring (bicyclic) bond motifs is 1. The average Bonchev–Trinajstić information content (AvgIpc) is 3.17. The number of nitrogens with zero attached hydrogens (tertiary/aromatic N) is 3. The Hall–Kier alpha value is -2.50. The monoisotopic (exact) mass is 391 g/mol. The van der Waals surface area contributed by atoms with Crippen molar-refractivity contribution in [2.24, 2.45) is 0 Å². The topological polar surface area (TPSA) is 36.4 Å². The van der Waals surface area contributed by atoms with Crippen molar-refractivity contribution >= 4 is 33.1 Å². The molecule has 2 heterocycles. The number of hydrogen-bond donors (Lipinski definition) is 0. The first-order chi connectivity index (χ1) is 13.8. The summed E-state index contributed by atoms with van der Waals surface area (Å²) < 4.78 is 1.21. The number of carbonyl (C=O) groups is 1. The summed E-state index contributed by atoms with van der Waals surface area (Å²) >= 11 is 1.76. The highest BCUT2D eigenvalue weighted by molar-refractivity contribution is 7.18. The molecule has 0 bridgehead atoms. The lowest BCUT2D eigenvalue weighted by Crippen LogP contribution is -2.43. The predicted octanol–water partition coefficient (Wildman–Crippen LogP) is 5.04. The number of piperidine rings is 1. The van der Waals surface area contributed by atoms with E-state index in [1.165, 1.54) is 11.1 Å². The highest BCUT2D eigenvalue weighted by Crippen LogP contribution is 2.35. The molecule has 1 aliphatic rings. The molecule has 144 valence electrons. The Bertz CT molecular complexity index is 920. The molecule has 4 nitrogen and oxygen atoms in total. The number of anilines is 1. The first-order valence-electron chi connectivity index (χ1n) is 9.82. The minimum atomic E-state index is 0.110. The molecule has 28 heavy (non-hydrogen) atoms. The van der Waals surface area contributed by atoms with Crippen LogP contribution in [0, 0.1) is 0 Å². The summed E-state index contributed by atoms with van der Waals surface area (Å²) in [4.78, 5) is 22.2. The van der Waals surface area contributed by atoms with Crippen molar-refractivity contribution < 1.29 is 4.79 Å². The average molecular weight is 392 g/mol. The number of rotatable bonds is 6. The first-order valence-corrected chi connectivity index (χ1v) is 10.6. The Morgan fingerprint density at radius 3 is 2.75 bits per heavy atom. The summed E-state index contributed by atoms with van der Waals surface area (Å²) in [6.07, 6.45) is 5.15. The number of aromatic nitrogens is 1. The molecule has 0 N–H and O–H groups in total. The largest absolute Gasteiger partial charge is 0.308 e. The number of amides is 1. The molecule has 0 unspecified atom stereocenters. The molecule has 0 spiro atoms. The van der Waals surface area contributed by atoms with Crippen LogP contribution in [0.3, 0.4) is 0 Å². The Kier molecular flexibility index (Phi) is 5.84. The van der Waals surface area contributed by atoms with E-state index in [9.17, 15) is 4.79 Å². The maximum Gasteiger partial charge on any atom is 0.241 e. The van der Waals surface area contributed by atoms with Crippen molar-refractivity contribution in [1.82, 2.24) is 9.88 Å². The molecule has 1 saturated heterocycles. The van der Waals surface area contributed by atoms with E-state index in [2.05, 4.69) is 29.7 Å². The van der Waals surface area contributed by atoms with Crippen molar-refractivity contribution in [1.29, 1.82) is 0 Å². The van der Waals surface area contributed by atoms with Crippen molar-refractivity contribution in [3.8, 4) is 0 Å². The number of likely N-dealkylation sites (tertiary alicyclic amines) is 1. The van der Waals surface area contributed by atoms with Crippen LogP contribution in [0.15, 0.2) is 67.3 Å². The Balaban J connectivity index is 1.55. The SMILES string of the molecule is C=CCN(C(=O)CN1CCCC[C@H]1c1nc2ccccc2s1)c1ccccc1. The van der Waals surface area contributed by atoms with Crippen LogP contribution in [-0.4, -0.2) is 35.4 Å². The summed E-state index contributed by atoms with van der Waals surface area (Å²) in [5, 5.41) is 1.13. The van der Waals surface area contributed by atoms with Gasteiger partial charge in [-0.15, -0.1) is 17.9 Å². The number of para-hydroxylation sites is 2. The van der Waals surface area contributed by atoms with Gasteiger partial charge in [-0.1, -0.05) is 42.8 Å². The van der Waals surface area contributed by atoms with Crippen LogP contribution >= 0.6 is 11.3 Å². The van der Waals surface area contributed by atoms with Crippen LogP contribution in [0.1, 0.15) is 30.3 Å². The lowest BCUT2D eigenvalue weighted by molar-refractivity contribution is -0.120. The smallest absolute Gasteiger partial charge is 0.241 e. The third-order valence-corrected chi connectivity index (χ3v) is 6.37. The number of thiazole rings is 1. The number of benzene rings is 2. The third-order valence-electron chi connectivity index (χ3n) is 5.23. The van der Waals surface area contributed by atoms with Crippen molar-refractivity contribution in [2.45, 2.75) is 25.3 Å². The molecule has 0 radical (unpaired) electrons. The highest BCUT2D eigenvalue weighted by Gasteiger charge is 2.29. The molecular weight excluding hydrogens is 366 g/mol. The fraction of sp³-hybridized carbons (Fsp3) is 0.304. The van der Waals surface area contributed by atoms with E-state index in [1.54, 1.807) is 17.4 Å². The van der Waals surface area contributed by atoms with Gasteiger partial charge in [-0.25, -0.2) is 4.98 Å². The van der Waals surface area contributed by atoms with E-state index in [0.717, 1.165) is 35.6 Å². The van der Waals surface area contributed by atoms with Gasteiger partial charge in [0.1, 0.15) is 5.01 Å². The van der Waals surface area contributed by atoms with Crippen molar-refractivity contribution in [3.63, 3.8) is 0 Å². The first kappa shape index (κ1) is 18.8. The lowest BCUT2D eigenvalue weighted by atomic mass is 10.0. The van der Waals surface area contributed by atoms with Gasteiger partial charge in [0.2, 0.25) is 5.91 Å². The van der Waals surface area contributed by atoms with Gasteiger partial charge < -0.3 is 4.90 Å². The third kappa shape index (κ3) is 4.01. The lowest BCUT2D eigenvalue weighted by Gasteiger charge is -2.35. The second kappa shape index (κ2) is 8.67. The molecule has 1 aliphatic heterocycles. The summed E-state index contributed by atoms with van der Waals surface area (Å²) in [6, 6.07) is 18.3. The maximum atomic E-state index is 13.2. The Labute approximate surface area is 170 Å². The van der Waals surface area contributed by atoms with E-state index in [-0.39, 0.29) is 11.9 Å². The molecule has 1 aromatic heterocycles. The van der Waals surface area contributed by atoms with Crippen LogP contribution < -0.4 is 4.90 Å². The predicted molar refractivity (Wildman–Crippen MR) is 117 cm³/mol. The zero-order valence-electron chi connectivity index (χ0n) is 16.0. The fourth-order valence-corrected chi connectivity index (χ4v) is 4.98. The molecule has 3 aromatic rings. The zero-order chi connectivity index (χ0) is 19.3. The molecule has 2 aromatic carbocycles. The molecule has 0 saturated carbocycles. The normalized spacial score (nSPS) is 17.5. The molecule has 4 rings (SSSR count). The van der Waals surface area contributed by atoms with Crippen molar-refractivity contribution in [3.05, 3.63) is 72.3 Å². The van der Waals surface area contributed by atoms with Crippen LogP contribution in [0.25, 0.3) is 10.2 Å². The fourth-order valence-electron chi connectivity index (χ4n) is 3.84. The number of hydrogen-bond acceptors (Lipinski definition) is 4. The van der Waals surface area contributed by atoms with Crippen molar-refractivity contribution in [2.75, 3.05) is 24.5 Å².